The number of nitrogens with zero attached hydrogens (tertiary/aromatic N) is 2. The van der Waals surface area contributed by atoms with Crippen LogP contribution in [0.4, 0.5) is 5.69 Å². The van der Waals surface area contributed by atoms with Crippen LogP contribution < -0.4 is 10.5 Å². The molecule has 0 spiro atoms. The summed E-state index contributed by atoms with van der Waals surface area (Å²) < 4.78 is 30.8. The van der Waals surface area contributed by atoms with Gasteiger partial charge in [-0.15, -0.1) is 11.3 Å². The fraction of sp³-hybridized carbons (Fsp3) is 0.250. The number of nitrogen functional groups attached to an aromatic ring is 1. The zero-order valence-electron chi connectivity index (χ0n) is 8.87. The Morgan fingerprint density at radius 2 is 2.35 bits per heavy atom. The standard InChI is InChI=1S/C8H10N4O3S2/c1-5-11-7(12-15-5)3-10-17(13,14)8-2-6(9)4-16-8/h2,4,10H,3,9H2,1H3. The van der Waals surface area contributed by atoms with Gasteiger partial charge in [-0.25, -0.2) is 13.1 Å². The molecule has 0 unspecified atom stereocenters. The van der Waals surface area contributed by atoms with Gasteiger partial charge < -0.3 is 10.3 Å². The van der Waals surface area contributed by atoms with Crippen LogP contribution in [-0.2, 0) is 16.6 Å². The van der Waals surface area contributed by atoms with Gasteiger partial charge >= 0.3 is 0 Å². The van der Waals surface area contributed by atoms with Gasteiger partial charge in [0.2, 0.25) is 5.89 Å². The van der Waals surface area contributed by atoms with Crippen LogP contribution in [0.1, 0.15) is 11.7 Å². The van der Waals surface area contributed by atoms with Gasteiger partial charge in [-0.05, 0) is 6.07 Å². The lowest BCUT2D eigenvalue weighted by atomic mass is 10.6. The monoisotopic (exact) mass is 274 g/mol. The molecule has 2 aromatic heterocycles. The van der Waals surface area contributed by atoms with E-state index >= 15 is 0 Å². The SMILES string of the molecule is Cc1nc(CNS(=O)(=O)c2cc(N)cs2)no1. The zero-order valence-corrected chi connectivity index (χ0v) is 10.5. The van der Waals surface area contributed by atoms with Crippen molar-refractivity contribution in [2.24, 2.45) is 0 Å². The molecule has 0 bridgehead atoms. The van der Waals surface area contributed by atoms with Crippen molar-refractivity contribution in [1.82, 2.24) is 14.9 Å². The number of nitrogens with one attached hydrogen (secondary N) is 1. The van der Waals surface area contributed by atoms with Crippen LogP contribution in [0.15, 0.2) is 20.2 Å². The van der Waals surface area contributed by atoms with Crippen molar-refractivity contribution in [1.29, 1.82) is 0 Å². The Labute approximate surface area is 102 Å². The minimum Gasteiger partial charge on any atom is -0.398 e. The highest BCUT2D eigenvalue weighted by Crippen LogP contribution is 2.21. The summed E-state index contributed by atoms with van der Waals surface area (Å²) in [6.07, 6.45) is 0. The average molecular weight is 274 g/mol. The summed E-state index contributed by atoms with van der Waals surface area (Å²) in [5.41, 5.74) is 5.89. The Hall–Kier alpha value is -1.45. The highest BCUT2D eigenvalue weighted by Gasteiger charge is 2.17. The first-order chi connectivity index (χ1) is 7.97. The van der Waals surface area contributed by atoms with Gasteiger partial charge in [-0.2, -0.15) is 4.98 Å². The molecule has 0 aromatic carbocycles. The van der Waals surface area contributed by atoms with Crippen LogP contribution in [0.3, 0.4) is 0 Å². The first-order valence-electron chi connectivity index (χ1n) is 4.60. The van der Waals surface area contributed by atoms with Crippen molar-refractivity contribution in [3.63, 3.8) is 0 Å². The number of rotatable bonds is 4. The number of thiophene rings is 1. The summed E-state index contributed by atoms with van der Waals surface area (Å²) in [6, 6.07) is 1.40. The predicted molar refractivity (Wildman–Crippen MR) is 61.8 cm³/mol. The van der Waals surface area contributed by atoms with Crippen LogP contribution in [-0.4, -0.2) is 18.6 Å². The fourth-order valence-corrected chi connectivity index (χ4v) is 3.22. The summed E-state index contributed by atoms with van der Waals surface area (Å²) in [4.78, 5) is 3.89. The molecule has 0 aliphatic carbocycles. The van der Waals surface area contributed by atoms with Crippen molar-refractivity contribution < 1.29 is 12.9 Å². The summed E-state index contributed by atoms with van der Waals surface area (Å²) in [5, 5.41) is 5.15. The van der Waals surface area contributed by atoms with E-state index in [1.54, 1.807) is 12.3 Å². The fourth-order valence-electron chi connectivity index (χ4n) is 1.11. The predicted octanol–water partition coefficient (Wildman–Crippen LogP) is 0.500. The molecule has 7 nitrogen and oxygen atoms in total. The molecular formula is C8H10N4O3S2. The minimum atomic E-state index is -3.56. The van der Waals surface area contributed by atoms with E-state index in [4.69, 9.17) is 10.3 Å². The summed E-state index contributed by atoms with van der Waals surface area (Å²) >= 11 is 1.06. The average Bonchev–Trinajstić information content (AvgIpc) is 2.85. The maximum Gasteiger partial charge on any atom is 0.250 e. The van der Waals surface area contributed by atoms with Crippen molar-refractivity contribution in [2.45, 2.75) is 17.7 Å². The molecule has 0 saturated carbocycles. The van der Waals surface area contributed by atoms with Gasteiger partial charge in [0.1, 0.15) is 4.21 Å². The molecule has 0 amide bonds. The summed E-state index contributed by atoms with van der Waals surface area (Å²) in [6.45, 7) is 1.61. The van der Waals surface area contributed by atoms with Gasteiger partial charge in [-0.3, -0.25) is 0 Å². The number of anilines is 1. The molecule has 17 heavy (non-hydrogen) atoms. The van der Waals surface area contributed by atoms with E-state index in [0.717, 1.165) is 11.3 Å². The van der Waals surface area contributed by atoms with Gasteiger partial charge in [0.25, 0.3) is 10.0 Å². The molecule has 0 fully saturated rings. The van der Waals surface area contributed by atoms with Crippen molar-refractivity contribution >= 4 is 27.0 Å². The third kappa shape index (κ3) is 2.81. The Morgan fingerprint density at radius 3 is 2.88 bits per heavy atom. The first-order valence-corrected chi connectivity index (χ1v) is 6.96. The smallest absolute Gasteiger partial charge is 0.250 e. The number of sulfonamides is 1. The molecule has 0 saturated heterocycles. The van der Waals surface area contributed by atoms with Gasteiger partial charge in [-0.1, -0.05) is 5.16 Å². The Bertz CT molecular complexity index is 616. The molecule has 2 aromatic rings. The minimum absolute atomic E-state index is 0.0164. The quantitative estimate of drug-likeness (QED) is 0.839. The van der Waals surface area contributed by atoms with Crippen LogP contribution in [0, 0.1) is 6.92 Å². The second-order valence-corrected chi connectivity index (χ2v) is 6.16. The highest BCUT2D eigenvalue weighted by atomic mass is 32.2. The lowest BCUT2D eigenvalue weighted by Gasteiger charge is -2.00. The van der Waals surface area contributed by atoms with E-state index in [-0.39, 0.29) is 16.6 Å². The van der Waals surface area contributed by atoms with Gasteiger partial charge in [0.05, 0.1) is 6.54 Å². The molecule has 0 radical (unpaired) electrons. The van der Waals surface area contributed by atoms with Crippen LogP contribution in [0.5, 0.6) is 0 Å². The van der Waals surface area contributed by atoms with Crippen molar-refractivity contribution in [3.8, 4) is 0 Å². The number of aromatic nitrogens is 2. The van der Waals surface area contributed by atoms with E-state index in [2.05, 4.69) is 14.9 Å². The van der Waals surface area contributed by atoms with Crippen molar-refractivity contribution in [3.05, 3.63) is 23.2 Å². The molecule has 9 heteroatoms. The van der Waals surface area contributed by atoms with E-state index in [9.17, 15) is 8.42 Å². The summed E-state index contributed by atoms with van der Waals surface area (Å²) in [7, 11) is -3.56. The molecule has 92 valence electrons. The molecular weight excluding hydrogens is 264 g/mol. The second-order valence-electron chi connectivity index (χ2n) is 3.25. The third-order valence-electron chi connectivity index (χ3n) is 1.85. The lowest BCUT2D eigenvalue weighted by molar-refractivity contribution is 0.387. The van der Waals surface area contributed by atoms with E-state index in [0.29, 0.717) is 11.6 Å². The highest BCUT2D eigenvalue weighted by molar-refractivity contribution is 7.91. The number of nitrogens with two attached hydrogens (primary N) is 1. The van der Waals surface area contributed by atoms with Crippen LogP contribution in [0.25, 0.3) is 0 Å². The Kier molecular flexibility index (Phi) is 3.13. The summed E-state index contributed by atoms with van der Waals surface area (Å²) in [5.74, 6) is 0.676. The number of hydrogen-bond acceptors (Lipinski definition) is 7. The topological polar surface area (TPSA) is 111 Å². The largest absolute Gasteiger partial charge is 0.398 e. The Balaban J connectivity index is 2.08. The van der Waals surface area contributed by atoms with Gasteiger partial charge in [0, 0.05) is 18.0 Å². The van der Waals surface area contributed by atoms with Crippen LogP contribution >= 0.6 is 11.3 Å². The number of aryl methyl sites for hydroxylation is 1. The first kappa shape index (κ1) is 12.0. The number of hydrogen-bond donors (Lipinski definition) is 2. The van der Waals surface area contributed by atoms with E-state index < -0.39 is 10.0 Å². The maximum atomic E-state index is 11.8. The van der Waals surface area contributed by atoms with E-state index in [1.807, 2.05) is 0 Å². The lowest BCUT2D eigenvalue weighted by Crippen LogP contribution is -2.23. The molecule has 0 aliphatic heterocycles. The van der Waals surface area contributed by atoms with E-state index in [1.165, 1.54) is 6.07 Å². The molecule has 2 rings (SSSR count). The maximum absolute atomic E-state index is 11.8. The Morgan fingerprint density at radius 1 is 1.59 bits per heavy atom. The molecule has 2 heterocycles. The van der Waals surface area contributed by atoms with Crippen molar-refractivity contribution in [2.75, 3.05) is 5.73 Å². The van der Waals surface area contributed by atoms with Gasteiger partial charge in [0.15, 0.2) is 5.82 Å². The molecule has 0 atom stereocenters. The third-order valence-corrected chi connectivity index (χ3v) is 4.71. The zero-order chi connectivity index (χ0) is 12.5. The molecule has 0 aliphatic rings. The normalized spacial score (nSPS) is 11.8. The van der Waals surface area contributed by atoms with Crippen LogP contribution in [0.2, 0.25) is 0 Å². The molecule has 3 N–H and O–H groups in total. The second kappa shape index (κ2) is 4.43.